The molecule has 0 radical (unpaired) electrons. The maximum absolute atomic E-state index is 10.9. The molecule has 1 N–H and O–H groups in total. The summed E-state index contributed by atoms with van der Waals surface area (Å²) in [4.78, 5) is 28.4. The highest BCUT2D eigenvalue weighted by atomic mass is 32.2. The highest BCUT2D eigenvalue weighted by molar-refractivity contribution is 7.99. The Hall–Kier alpha value is -1.10. The first-order chi connectivity index (χ1) is 5.81. The Balaban J connectivity index is 2.70. The van der Waals surface area contributed by atoms with Gasteiger partial charge >= 0.3 is 5.69 Å². The summed E-state index contributed by atoms with van der Waals surface area (Å²) in [6, 6.07) is 0. The van der Waals surface area contributed by atoms with E-state index in [1.807, 2.05) is 0 Å². The minimum Gasteiger partial charge on any atom is -0.309 e. The van der Waals surface area contributed by atoms with Crippen molar-refractivity contribution in [2.75, 3.05) is 5.75 Å². The molecule has 0 saturated carbocycles. The molecule has 0 bridgehead atoms. The van der Waals surface area contributed by atoms with Gasteiger partial charge in [0, 0.05) is 11.4 Å². The van der Waals surface area contributed by atoms with Crippen LogP contribution in [0.25, 0.3) is 0 Å². The minimum absolute atomic E-state index is 0.274. The summed E-state index contributed by atoms with van der Waals surface area (Å²) in [5, 5.41) is 0. The summed E-state index contributed by atoms with van der Waals surface area (Å²) in [6.45, 7) is 0. The molecule has 5 heteroatoms. The van der Waals surface area contributed by atoms with E-state index in [0.29, 0.717) is 6.29 Å². The van der Waals surface area contributed by atoms with Gasteiger partial charge in [0.2, 0.25) is 0 Å². The van der Waals surface area contributed by atoms with Crippen LogP contribution in [-0.4, -0.2) is 22.0 Å². The molecule has 0 amide bonds. The lowest BCUT2D eigenvalue weighted by Gasteiger charge is -1.97. The third-order valence-electron chi connectivity index (χ3n) is 1.70. The van der Waals surface area contributed by atoms with E-state index in [1.54, 1.807) is 11.8 Å². The van der Waals surface area contributed by atoms with Crippen molar-refractivity contribution < 1.29 is 4.79 Å². The summed E-state index contributed by atoms with van der Waals surface area (Å²) < 4.78 is 0. The van der Waals surface area contributed by atoms with Gasteiger partial charge in [0.1, 0.15) is 5.69 Å². The molecule has 0 saturated heterocycles. The summed E-state index contributed by atoms with van der Waals surface area (Å²) >= 11 is 1.56. The number of thioether (sulfide) groups is 1. The lowest BCUT2D eigenvalue weighted by Crippen LogP contribution is -2.15. The molecule has 1 aliphatic heterocycles. The zero-order valence-electron chi connectivity index (χ0n) is 6.16. The predicted octanol–water partition coefficient (Wildman–Crippen LogP) is 0.231. The zero-order chi connectivity index (χ0) is 8.55. The van der Waals surface area contributed by atoms with Gasteiger partial charge in [-0.15, -0.1) is 11.8 Å². The highest BCUT2D eigenvalue weighted by Crippen LogP contribution is 2.29. The summed E-state index contributed by atoms with van der Waals surface area (Å²) in [6.07, 6.45) is 1.45. The monoisotopic (exact) mass is 182 g/mol. The second-order valence-electron chi connectivity index (χ2n) is 2.45. The SMILES string of the molecule is O=Cc1nc(=O)[nH]c2c1SCC2. The standard InChI is InChI=1S/C7H6N2O2S/c10-3-5-6-4(1-2-12-6)8-7(11)9-5/h3H,1-2H2,(H,8,9,11). The van der Waals surface area contributed by atoms with Crippen LogP contribution < -0.4 is 5.69 Å². The molecular weight excluding hydrogens is 176 g/mol. The van der Waals surface area contributed by atoms with Crippen LogP contribution >= 0.6 is 11.8 Å². The minimum atomic E-state index is -0.432. The topological polar surface area (TPSA) is 62.8 Å². The number of hydrogen-bond acceptors (Lipinski definition) is 4. The van der Waals surface area contributed by atoms with Crippen LogP contribution in [0.15, 0.2) is 9.69 Å². The fraction of sp³-hybridized carbons (Fsp3) is 0.286. The maximum Gasteiger partial charge on any atom is 0.345 e. The lowest BCUT2D eigenvalue weighted by molar-refractivity contribution is 0.111. The number of carbonyl (C=O) groups is 1. The maximum atomic E-state index is 10.9. The van der Waals surface area contributed by atoms with Crippen LogP contribution in [0.1, 0.15) is 16.2 Å². The van der Waals surface area contributed by atoms with E-state index in [4.69, 9.17) is 0 Å². The number of aryl methyl sites for hydroxylation is 1. The van der Waals surface area contributed by atoms with Crippen molar-refractivity contribution in [1.82, 2.24) is 9.97 Å². The molecule has 0 aromatic carbocycles. The van der Waals surface area contributed by atoms with Gasteiger partial charge in [-0.3, -0.25) is 4.79 Å². The van der Waals surface area contributed by atoms with E-state index in [0.717, 1.165) is 22.8 Å². The molecule has 1 aliphatic rings. The number of nitrogens with one attached hydrogen (secondary N) is 1. The second kappa shape index (κ2) is 2.75. The largest absolute Gasteiger partial charge is 0.345 e. The molecule has 4 nitrogen and oxygen atoms in total. The second-order valence-corrected chi connectivity index (χ2v) is 3.56. The number of fused-ring (bicyclic) bond motifs is 1. The van der Waals surface area contributed by atoms with E-state index >= 15 is 0 Å². The van der Waals surface area contributed by atoms with Gasteiger partial charge in [0.15, 0.2) is 6.29 Å². The van der Waals surface area contributed by atoms with Crippen LogP contribution in [0.4, 0.5) is 0 Å². The molecule has 1 aromatic rings. The molecule has 0 unspecified atom stereocenters. The van der Waals surface area contributed by atoms with Gasteiger partial charge in [0.25, 0.3) is 0 Å². The van der Waals surface area contributed by atoms with E-state index in [1.165, 1.54) is 0 Å². The molecule has 1 aromatic heterocycles. The van der Waals surface area contributed by atoms with Crippen molar-refractivity contribution in [3.63, 3.8) is 0 Å². The van der Waals surface area contributed by atoms with Crippen LogP contribution in [0, 0.1) is 0 Å². The third kappa shape index (κ3) is 1.06. The van der Waals surface area contributed by atoms with E-state index in [2.05, 4.69) is 9.97 Å². The number of carbonyl (C=O) groups excluding carboxylic acids is 1. The number of nitrogens with zero attached hydrogens (tertiary/aromatic N) is 1. The Labute approximate surface area is 72.4 Å². The van der Waals surface area contributed by atoms with Gasteiger partial charge in [-0.2, -0.15) is 4.98 Å². The van der Waals surface area contributed by atoms with Gasteiger partial charge in [-0.25, -0.2) is 4.79 Å². The fourth-order valence-electron chi connectivity index (χ4n) is 1.20. The molecule has 0 atom stereocenters. The third-order valence-corrected chi connectivity index (χ3v) is 2.85. The molecule has 2 rings (SSSR count). The number of rotatable bonds is 1. The van der Waals surface area contributed by atoms with Gasteiger partial charge in [0.05, 0.1) is 4.90 Å². The van der Waals surface area contributed by atoms with E-state index in [9.17, 15) is 9.59 Å². The Kier molecular flexibility index (Phi) is 1.73. The average molecular weight is 182 g/mol. The number of aldehydes is 1. The van der Waals surface area contributed by atoms with Crippen molar-refractivity contribution in [3.05, 3.63) is 21.9 Å². The molecule has 62 valence electrons. The predicted molar refractivity (Wildman–Crippen MR) is 44.7 cm³/mol. The first-order valence-electron chi connectivity index (χ1n) is 3.52. The quantitative estimate of drug-likeness (QED) is 0.631. The summed E-state index contributed by atoms with van der Waals surface area (Å²) in [5.74, 6) is 0.914. The number of aromatic nitrogens is 2. The Morgan fingerprint density at radius 2 is 2.42 bits per heavy atom. The van der Waals surface area contributed by atoms with E-state index in [-0.39, 0.29) is 5.69 Å². The van der Waals surface area contributed by atoms with Gasteiger partial charge in [-0.05, 0) is 6.42 Å². The lowest BCUT2D eigenvalue weighted by atomic mass is 10.3. The zero-order valence-corrected chi connectivity index (χ0v) is 6.98. The summed E-state index contributed by atoms with van der Waals surface area (Å²) in [7, 11) is 0. The van der Waals surface area contributed by atoms with Gasteiger partial charge < -0.3 is 4.98 Å². The molecule has 12 heavy (non-hydrogen) atoms. The van der Waals surface area contributed by atoms with Crippen LogP contribution in [0.3, 0.4) is 0 Å². The van der Waals surface area contributed by atoms with Crippen molar-refractivity contribution in [3.8, 4) is 0 Å². The normalized spacial score (nSPS) is 14.3. The van der Waals surface area contributed by atoms with Crippen molar-refractivity contribution in [1.29, 1.82) is 0 Å². The Morgan fingerprint density at radius 1 is 1.58 bits per heavy atom. The molecular formula is C7H6N2O2S. The highest BCUT2D eigenvalue weighted by Gasteiger charge is 2.17. The Bertz CT molecular complexity index is 385. The van der Waals surface area contributed by atoms with Crippen LogP contribution in [0.2, 0.25) is 0 Å². The van der Waals surface area contributed by atoms with Crippen molar-refractivity contribution in [2.45, 2.75) is 11.3 Å². The number of H-pyrrole nitrogens is 1. The van der Waals surface area contributed by atoms with Crippen molar-refractivity contribution in [2.24, 2.45) is 0 Å². The Morgan fingerprint density at radius 3 is 3.17 bits per heavy atom. The van der Waals surface area contributed by atoms with E-state index < -0.39 is 5.69 Å². The van der Waals surface area contributed by atoms with Crippen LogP contribution in [0.5, 0.6) is 0 Å². The molecule has 0 fully saturated rings. The smallest absolute Gasteiger partial charge is 0.309 e. The van der Waals surface area contributed by atoms with Gasteiger partial charge in [-0.1, -0.05) is 0 Å². The average Bonchev–Trinajstić information content (AvgIpc) is 2.50. The molecule has 0 spiro atoms. The summed E-state index contributed by atoms with van der Waals surface area (Å²) in [5.41, 5.74) is 0.691. The molecule has 2 heterocycles. The fourth-order valence-corrected chi connectivity index (χ4v) is 2.28. The molecule has 0 aliphatic carbocycles. The van der Waals surface area contributed by atoms with Crippen LogP contribution in [-0.2, 0) is 6.42 Å². The first-order valence-corrected chi connectivity index (χ1v) is 4.51. The number of hydrogen-bond donors (Lipinski definition) is 1. The first kappa shape index (κ1) is 7.54. The number of aromatic amines is 1. The van der Waals surface area contributed by atoms with Crippen molar-refractivity contribution >= 4 is 18.0 Å².